The van der Waals surface area contributed by atoms with E-state index in [4.69, 9.17) is 5.73 Å². The highest BCUT2D eigenvalue weighted by Gasteiger charge is 2.22. The first-order valence-electron chi connectivity index (χ1n) is 6.78. The molecular formula is C15H19N3S. The van der Waals surface area contributed by atoms with Crippen LogP contribution in [0.5, 0.6) is 0 Å². The topological polar surface area (TPSA) is 42.1 Å². The standard InChI is InChI=1S/C15H19N3S/c16-15-17-14(11-19-15)13-6-8-18(9-7-13)10-12-4-2-1-3-5-12/h1-5,11,13H,6-10H2,(H2,16,17). The molecule has 0 atom stereocenters. The van der Waals surface area contributed by atoms with Gasteiger partial charge in [0, 0.05) is 17.8 Å². The Morgan fingerprint density at radius 2 is 1.95 bits per heavy atom. The van der Waals surface area contributed by atoms with Crippen molar-refractivity contribution >= 4 is 16.5 Å². The van der Waals surface area contributed by atoms with E-state index in [2.05, 4.69) is 45.6 Å². The second kappa shape index (κ2) is 5.72. The molecule has 100 valence electrons. The highest BCUT2D eigenvalue weighted by molar-refractivity contribution is 7.13. The molecule has 4 heteroatoms. The van der Waals surface area contributed by atoms with Gasteiger partial charge in [-0.25, -0.2) is 4.98 Å². The number of nitrogens with two attached hydrogens (primary N) is 1. The Morgan fingerprint density at radius 3 is 2.58 bits per heavy atom. The summed E-state index contributed by atoms with van der Waals surface area (Å²) in [6, 6.07) is 10.7. The van der Waals surface area contributed by atoms with E-state index >= 15 is 0 Å². The van der Waals surface area contributed by atoms with Crippen molar-refractivity contribution in [1.82, 2.24) is 9.88 Å². The average molecular weight is 273 g/mol. The zero-order valence-electron chi connectivity index (χ0n) is 11.0. The monoisotopic (exact) mass is 273 g/mol. The molecular weight excluding hydrogens is 254 g/mol. The fourth-order valence-electron chi connectivity index (χ4n) is 2.72. The van der Waals surface area contributed by atoms with Crippen molar-refractivity contribution in [3.8, 4) is 0 Å². The van der Waals surface area contributed by atoms with Crippen LogP contribution in [0.15, 0.2) is 35.7 Å². The number of benzene rings is 1. The average Bonchev–Trinajstić information content (AvgIpc) is 2.87. The van der Waals surface area contributed by atoms with Crippen LogP contribution in [-0.2, 0) is 6.54 Å². The summed E-state index contributed by atoms with van der Waals surface area (Å²) in [6.45, 7) is 3.36. The Hall–Kier alpha value is -1.39. The molecule has 2 heterocycles. The highest BCUT2D eigenvalue weighted by Crippen LogP contribution is 2.29. The van der Waals surface area contributed by atoms with Gasteiger partial charge in [0.15, 0.2) is 5.13 Å². The van der Waals surface area contributed by atoms with Crippen LogP contribution in [-0.4, -0.2) is 23.0 Å². The molecule has 0 radical (unpaired) electrons. The van der Waals surface area contributed by atoms with Gasteiger partial charge in [0.05, 0.1) is 5.69 Å². The van der Waals surface area contributed by atoms with E-state index in [0.717, 1.165) is 19.6 Å². The summed E-state index contributed by atoms with van der Waals surface area (Å²) in [5.41, 5.74) is 8.31. The molecule has 0 aliphatic carbocycles. The number of hydrogen-bond acceptors (Lipinski definition) is 4. The Kier molecular flexibility index (Phi) is 3.80. The third kappa shape index (κ3) is 3.14. The number of nitrogens with zero attached hydrogens (tertiary/aromatic N) is 2. The number of piperidine rings is 1. The second-order valence-corrected chi connectivity index (χ2v) is 6.04. The molecule has 1 fully saturated rings. The SMILES string of the molecule is Nc1nc(C2CCN(Cc3ccccc3)CC2)cs1. The Labute approximate surface area is 118 Å². The van der Waals surface area contributed by atoms with Crippen molar-refractivity contribution in [2.45, 2.75) is 25.3 Å². The van der Waals surface area contributed by atoms with E-state index in [1.54, 1.807) is 11.3 Å². The quantitative estimate of drug-likeness (QED) is 0.934. The van der Waals surface area contributed by atoms with Crippen LogP contribution in [0.2, 0.25) is 0 Å². The molecule has 3 rings (SSSR count). The number of likely N-dealkylation sites (tertiary alicyclic amines) is 1. The molecule has 0 unspecified atom stereocenters. The van der Waals surface area contributed by atoms with Crippen molar-refractivity contribution in [3.05, 3.63) is 47.0 Å². The van der Waals surface area contributed by atoms with Crippen LogP contribution in [0.25, 0.3) is 0 Å². The van der Waals surface area contributed by atoms with Gasteiger partial charge in [0.2, 0.25) is 0 Å². The predicted octanol–water partition coefficient (Wildman–Crippen LogP) is 3.10. The minimum Gasteiger partial charge on any atom is -0.375 e. The van der Waals surface area contributed by atoms with Crippen LogP contribution in [0, 0.1) is 0 Å². The maximum absolute atomic E-state index is 5.71. The van der Waals surface area contributed by atoms with E-state index in [1.807, 2.05) is 0 Å². The summed E-state index contributed by atoms with van der Waals surface area (Å²) in [4.78, 5) is 6.95. The lowest BCUT2D eigenvalue weighted by Gasteiger charge is -2.31. The van der Waals surface area contributed by atoms with Gasteiger partial charge in [-0.3, -0.25) is 4.90 Å². The molecule has 1 aromatic heterocycles. The maximum Gasteiger partial charge on any atom is 0.180 e. The molecule has 19 heavy (non-hydrogen) atoms. The molecule has 1 aliphatic heterocycles. The van der Waals surface area contributed by atoms with Gasteiger partial charge >= 0.3 is 0 Å². The molecule has 1 aliphatic rings. The Morgan fingerprint density at radius 1 is 1.21 bits per heavy atom. The molecule has 2 N–H and O–H groups in total. The summed E-state index contributed by atoms with van der Waals surface area (Å²) < 4.78 is 0. The van der Waals surface area contributed by atoms with E-state index in [1.165, 1.54) is 24.1 Å². The zero-order valence-corrected chi connectivity index (χ0v) is 11.8. The van der Waals surface area contributed by atoms with E-state index in [-0.39, 0.29) is 0 Å². The summed E-state index contributed by atoms with van der Waals surface area (Å²) in [6.07, 6.45) is 2.38. The van der Waals surface area contributed by atoms with E-state index in [0.29, 0.717) is 11.0 Å². The van der Waals surface area contributed by atoms with Crippen LogP contribution < -0.4 is 5.73 Å². The second-order valence-electron chi connectivity index (χ2n) is 5.15. The minimum atomic E-state index is 0.598. The highest BCUT2D eigenvalue weighted by atomic mass is 32.1. The first kappa shape index (κ1) is 12.6. The fourth-order valence-corrected chi connectivity index (χ4v) is 3.36. The van der Waals surface area contributed by atoms with E-state index in [9.17, 15) is 0 Å². The number of nitrogen functional groups attached to an aromatic ring is 1. The normalized spacial score (nSPS) is 17.7. The number of aromatic nitrogens is 1. The molecule has 0 amide bonds. The lowest BCUT2D eigenvalue weighted by Crippen LogP contribution is -2.32. The first-order valence-corrected chi connectivity index (χ1v) is 7.66. The predicted molar refractivity (Wildman–Crippen MR) is 80.2 cm³/mol. The smallest absolute Gasteiger partial charge is 0.180 e. The number of thiazole rings is 1. The van der Waals surface area contributed by atoms with Crippen molar-refractivity contribution in [2.75, 3.05) is 18.8 Å². The van der Waals surface area contributed by atoms with Crippen LogP contribution in [0.4, 0.5) is 5.13 Å². The molecule has 3 nitrogen and oxygen atoms in total. The lowest BCUT2D eigenvalue weighted by molar-refractivity contribution is 0.203. The molecule has 2 aromatic rings. The minimum absolute atomic E-state index is 0.598. The van der Waals surface area contributed by atoms with Crippen molar-refractivity contribution in [2.24, 2.45) is 0 Å². The summed E-state index contributed by atoms with van der Waals surface area (Å²) in [7, 11) is 0. The van der Waals surface area contributed by atoms with Crippen LogP contribution >= 0.6 is 11.3 Å². The van der Waals surface area contributed by atoms with Gasteiger partial charge in [-0.15, -0.1) is 11.3 Å². The largest absolute Gasteiger partial charge is 0.375 e. The van der Waals surface area contributed by atoms with Gasteiger partial charge in [-0.1, -0.05) is 30.3 Å². The first-order chi connectivity index (χ1) is 9.31. The zero-order chi connectivity index (χ0) is 13.1. The van der Waals surface area contributed by atoms with E-state index < -0.39 is 0 Å². The van der Waals surface area contributed by atoms with Crippen molar-refractivity contribution in [1.29, 1.82) is 0 Å². The van der Waals surface area contributed by atoms with Crippen molar-refractivity contribution < 1.29 is 0 Å². The Bertz CT molecular complexity index is 515. The Balaban J connectivity index is 1.55. The van der Waals surface area contributed by atoms with Gasteiger partial charge in [0.1, 0.15) is 0 Å². The third-order valence-electron chi connectivity index (χ3n) is 3.79. The molecule has 0 spiro atoms. The van der Waals surface area contributed by atoms with Gasteiger partial charge in [-0.2, -0.15) is 0 Å². The van der Waals surface area contributed by atoms with Crippen LogP contribution in [0.3, 0.4) is 0 Å². The van der Waals surface area contributed by atoms with Gasteiger partial charge in [0.25, 0.3) is 0 Å². The van der Waals surface area contributed by atoms with Crippen molar-refractivity contribution in [3.63, 3.8) is 0 Å². The van der Waals surface area contributed by atoms with Gasteiger partial charge in [-0.05, 0) is 31.5 Å². The summed E-state index contributed by atoms with van der Waals surface area (Å²) in [5, 5.41) is 2.81. The summed E-state index contributed by atoms with van der Waals surface area (Å²) in [5.74, 6) is 0.598. The van der Waals surface area contributed by atoms with Gasteiger partial charge < -0.3 is 5.73 Å². The summed E-state index contributed by atoms with van der Waals surface area (Å²) >= 11 is 1.55. The lowest BCUT2D eigenvalue weighted by atomic mass is 9.94. The molecule has 1 saturated heterocycles. The number of anilines is 1. The van der Waals surface area contributed by atoms with Crippen LogP contribution in [0.1, 0.15) is 30.0 Å². The third-order valence-corrected chi connectivity index (χ3v) is 4.49. The number of hydrogen-bond donors (Lipinski definition) is 1. The molecule has 0 bridgehead atoms. The molecule has 1 aromatic carbocycles. The molecule has 0 saturated carbocycles. The number of rotatable bonds is 3. The maximum atomic E-state index is 5.71. The fraction of sp³-hybridized carbons (Fsp3) is 0.400.